The topological polar surface area (TPSA) is 64.2 Å². The molecular formula is C25H36N4O. The summed E-state index contributed by atoms with van der Waals surface area (Å²) in [4.78, 5) is 20.5. The molecule has 2 unspecified atom stereocenters. The van der Waals surface area contributed by atoms with Gasteiger partial charge in [0.15, 0.2) is 0 Å². The molecule has 1 fully saturated rings. The third-order valence-corrected chi connectivity index (χ3v) is 7.24. The van der Waals surface area contributed by atoms with E-state index in [4.69, 9.17) is 10.7 Å². The third kappa shape index (κ3) is 4.31. The highest BCUT2D eigenvalue weighted by Crippen LogP contribution is 2.38. The zero-order valence-corrected chi connectivity index (χ0v) is 18.5. The predicted octanol–water partition coefficient (Wildman–Crippen LogP) is 4.78. The number of carbonyl (C=O) groups excluding carboxylic acids is 1. The first-order valence-electron chi connectivity index (χ1n) is 11.8. The first-order valence-corrected chi connectivity index (χ1v) is 11.8. The second-order valence-electron chi connectivity index (χ2n) is 9.24. The molecule has 1 saturated carbocycles. The average molecular weight is 409 g/mol. The Hall–Kier alpha value is -2.14. The Balaban J connectivity index is 1.65. The monoisotopic (exact) mass is 408 g/mol. The Labute approximate surface area is 180 Å². The fourth-order valence-electron chi connectivity index (χ4n) is 5.06. The predicted molar refractivity (Wildman–Crippen MR) is 121 cm³/mol. The van der Waals surface area contributed by atoms with E-state index < -0.39 is 6.04 Å². The van der Waals surface area contributed by atoms with Crippen LogP contribution < -0.4 is 5.73 Å². The molecule has 4 rings (SSSR count). The van der Waals surface area contributed by atoms with Crippen LogP contribution in [0, 0.1) is 11.8 Å². The van der Waals surface area contributed by atoms with Crippen LogP contribution in [0.3, 0.4) is 0 Å². The highest BCUT2D eigenvalue weighted by atomic mass is 16.2. The van der Waals surface area contributed by atoms with Crippen molar-refractivity contribution in [2.24, 2.45) is 17.6 Å². The van der Waals surface area contributed by atoms with Crippen LogP contribution in [-0.4, -0.2) is 32.9 Å². The van der Waals surface area contributed by atoms with Crippen molar-refractivity contribution >= 4 is 5.91 Å². The number of imidazole rings is 1. The van der Waals surface area contributed by atoms with Crippen molar-refractivity contribution in [3.63, 3.8) is 0 Å². The number of nitrogens with zero attached hydrogens (tertiary/aromatic N) is 3. The molecular weight excluding hydrogens is 372 g/mol. The number of hydrogen-bond donors (Lipinski definition) is 1. The standard InChI is InChI=1S/C25H36N4O/c1-3-18(2)23(26)25(30)29-15-14-28-17-21(20-12-8-5-9-13-20)27-24(28)22(29)16-19-10-6-4-7-11-19/h5,8-9,12-13,17-19,22-23H,3-4,6-7,10-11,14-16,26H2,1-2H3/t18?,22-,23?/m0/s1. The first kappa shape index (κ1) is 21.1. The summed E-state index contributed by atoms with van der Waals surface area (Å²) in [5, 5.41) is 0. The van der Waals surface area contributed by atoms with E-state index in [0.29, 0.717) is 5.92 Å². The van der Waals surface area contributed by atoms with Crippen molar-refractivity contribution in [3.05, 3.63) is 42.4 Å². The van der Waals surface area contributed by atoms with Gasteiger partial charge in [-0.1, -0.05) is 82.7 Å². The summed E-state index contributed by atoms with van der Waals surface area (Å²) in [5.74, 6) is 1.99. The van der Waals surface area contributed by atoms with Gasteiger partial charge in [0, 0.05) is 24.8 Å². The molecule has 1 aliphatic heterocycles. The van der Waals surface area contributed by atoms with Crippen LogP contribution in [0.25, 0.3) is 11.3 Å². The molecule has 1 aromatic carbocycles. The van der Waals surface area contributed by atoms with Crippen LogP contribution in [0.1, 0.15) is 70.7 Å². The summed E-state index contributed by atoms with van der Waals surface area (Å²) >= 11 is 0. The van der Waals surface area contributed by atoms with Gasteiger partial charge in [0.2, 0.25) is 5.91 Å². The lowest BCUT2D eigenvalue weighted by Crippen LogP contribution is -2.51. The lowest BCUT2D eigenvalue weighted by atomic mass is 9.83. The van der Waals surface area contributed by atoms with Crippen molar-refractivity contribution < 1.29 is 4.79 Å². The zero-order valence-electron chi connectivity index (χ0n) is 18.5. The number of rotatable bonds is 6. The largest absolute Gasteiger partial charge is 0.331 e. The number of amides is 1. The Bertz CT molecular complexity index is 840. The summed E-state index contributed by atoms with van der Waals surface area (Å²) in [5.41, 5.74) is 8.52. The summed E-state index contributed by atoms with van der Waals surface area (Å²) in [6.45, 7) is 5.69. The molecule has 2 aliphatic rings. The highest BCUT2D eigenvalue weighted by molar-refractivity contribution is 5.82. The van der Waals surface area contributed by atoms with Crippen LogP contribution in [0.5, 0.6) is 0 Å². The Morgan fingerprint density at radius 1 is 1.17 bits per heavy atom. The number of hydrogen-bond acceptors (Lipinski definition) is 3. The van der Waals surface area contributed by atoms with E-state index in [-0.39, 0.29) is 17.9 Å². The maximum atomic E-state index is 13.4. The van der Waals surface area contributed by atoms with E-state index in [1.807, 2.05) is 18.2 Å². The van der Waals surface area contributed by atoms with Crippen LogP contribution >= 0.6 is 0 Å². The average Bonchev–Trinajstić information content (AvgIpc) is 3.24. The van der Waals surface area contributed by atoms with Gasteiger partial charge in [0.25, 0.3) is 0 Å². The van der Waals surface area contributed by atoms with Gasteiger partial charge in [-0.3, -0.25) is 4.79 Å². The van der Waals surface area contributed by atoms with Gasteiger partial charge < -0.3 is 15.2 Å². The van der Waals surface area contributed by atoms with Crippen molar-refractivity contribution in [2.45, 2.75) is 77.4 Å². The highest BCUT2D eigenvalue weighted by Gasteiger charge is 2.37. The lowest BCUT2D eigenvalue weighted by molar-refractivity contribution is -0.138. The summed E-state index contributed by atoms with van der Waals surface area (Å²) in [7, 11) is 0. The molecule has 0 saturated heterocycles. The SMILES string of the molecule is CCC(C)C(N)C(=O)N1CCn2cc(-c3ccccc3)nc2[C@@H]1CC1CCCCC1. The van der Waals surface area contributed by atoms with E-state index in [1.54, 1.807) is 0 Å². The van der Waals surface area contributed by atoms with Crippen molar-refractivity contribution in [3.8, 4) is 11.3 Å². The molecule has 1 amide bonds. The lowest BCUT2D eigenvalue weighted by Gasteiger charge is -2.40. The molecule has 5 nitrogen and oxygen atoms in total. The number of carbonyl (C=O) groups is 1. The van der Waals surface area contributed by atoms with Gasteiger partial charge in [-0.25, -0.2) is 4.98 Å². The van der Waals surface area contributed by atoms with Crippen molar-refractivity contribution in [2.75, 3.05) is 6.54 Å². The van der Waals surface area contributed by atoms with Gasteiger partial charge in [-0.05, 0) is 18.3 Å². The number of benzene rings is 1. The smallest absolute Gasteiger partial charge is 0.240 e. The quantitative estimate of drug-likeness (QED) is 0.748. The molecule has 2 aromatic rings. The van der Waals surface area contributed by atoms with Crippen LogP contribution in [0.2, 0.25) is 0 Å². The van der Waals surface area contributed by atoms with Crippen LogP contribution in [0.4, 0.5) is 0 Å². The second kappa shape index (κ2) is 9.34. The molecule has 162 valence electrons. The minimum atomic E-state index is -0.432. The Kier molecular flexibility index (Phi) is 6.57. The van der Waals surface area contributed by atoms with Gasteiger partial charge in [0.1, 0.15) is 5.82 Å². The van der Waals surface area contributed by atoms with Gasteiger partial charge in [0.05, 0.1) is 17.8 Å². The van der Waals surface area contributed by atoms with E-state index in [0.717, 1.165) is 43.0 Å². The maximum absolute atomic E-state index is 13.4. The van der Waals surface area contributed by atoms with Crippen molar-refractivity contribution in [1.82, 2.24) is 14.5 Å². The number of fused-ring (bicyclic) bond motifs is 1. The number of aromatic nitrogens is 2. The summed E-state index contributed by atoms with van der Waals surface area (Å²) in [6, 6.07) is 9.93. The van der Waals surface area contributed by atoms with Gasteiger partial charge in [-0.2, -0.15) is 0 Å². The normalized spacial score (nSPS) is 21.8. The molecule has 5 heteroatoms. The molecule has 0 spiro atoms. The molecule has 3 atom stereocenters. The molecule has 0 bridgehead atoms. The summed E-state index contributed by atoms with van der Waals surface area (Å²) in [6.07, 6.45) is 10.6. The van der Waals surface area contributed by atoms with Crippen LogP contribution in [0.15, 0.2) is 36.5 Å². The van der Waals surface area contributed by atoms with Crippen molar-refractivity contribution in [1.29, 1.82) is 0 Å². The minimum Gasteiger partial charge on any atom is -0.331 e. The molecule has 30 heavy (non-hydrogen) atoms. The molecule has 2 N–H and O–H groups in total. The Morgan fingerprint density at radius 2 is 1.90 bits per heavy atom. The maximum Gasteiger partial charge on any atom is 0.240 e. The molecule has 0 radical (unpaired) electrons. The van der Waals surface area contributed by atoms with Crippen LogP contribution in [-0.2, 0) is 11.3 Å². The third-order valence-electron chi connectivity index (χ3n) is 7.24. The zero-order chi connectivity index (χ0) is 21.1. The fourth-order valence-corrected chi connectivity index (χ4v) is 5.06. The first-order chi connectivity index (χ1) is 14.6. The van der Waals surface area contributed by atoms with Gasteiger partial charge >= 0.3 is 0 Å². The Morgan fingerprint density at radius 3 is 2.60 bits per heavy atom. The van der Waals surface area contributed by atoms with E-state index in [9.17, 15) is 4.79 Å². The molecule has 1 aromatic heterocycles. The van der Waals surface area contributed by atoms with Gasteiger partial charge in [-0.15, -0.1) is 0 Å². The number of nitrogens with two attached hydrogens (primary N) is 1. The fraction of sp³-hybridized carbons (Fsp3) is 0.600. The van der Waals surface area contributed by atoms with E-state index >= 15 is 0 Å². The minimum absolute atomic E-state index is 0.0296. The molecule has 1 aliphatic carbocycles. The second-order valence-corrected chi connectivity index (χ2v) is 9.24. The summed E-state index contributed by atoms with van der Waals surface area (Å²) < 4.78 is 2.27. The molecule has 2 heterocycles. The van der Waals surface area contributed by atoms with E-state index in [2.05, 4.69) is 41.6 Å². The van der Waals surface area contributed by atoms with E-state index in [1.165, 1.54) is 32.1 Å².